The van der Waals surface area contributed by atoms with E-state index in [9.17, 15) is 4.79 Å². The molecule has 16 heavy (non-hydrogen) atoms. The molecule has 0 bridgehead atoms. The van der Waals surface area contributed by atoms with Gasteiger partial charge in [-0.1, -0.05) is 12.1 Å². The summed E-state index contributed by atoms with van der Waals surface area (Å²) in [6.45, 7) is 0. The van der Waals surface area contributed by atoms with Crippen molar-refractivity contribution in [2.75, 3.05) is 0 Å². The first-order chi connectivity index (χ1) is 7.77. The summed E-state index contributed by atoms with van der Waals surface area (Å²) in [5.41, 5.74) is 0.103. The van der Waals surface area contributed by atoms with Crippen molar-refractivity contribution < 1.29 is 14.6 Å². The van der Waals surface area contributed by atoms with Crippen molar-refractivity contribution in [2.24, 2.45) is 0 Å². The van der Waals surface area contributed by atoms with E-state index in [0.717, 1.165) is 0 Å². The monoisotopic (exact) mass is 216 g/mol. The third-order valence-corrected chi connectivity index (χ3v) is 1.88. The topological polar surface area (TPSA) is 72.3 Å². The molecular formula is C11H8N2O3. The smallest absolute Gasteiger partial charge is 0.339 e. The highest BCUT2D eigenvalue weighted by Gasteiger charge is 2.10. The number of hydrogen-bond donors (Lipinski definition) is 1. The Balaban J connectivity index is 2.31. The standard InChI is InChI=1S/C11H8N2O3/c14-11(15)9-3-1-2-4-10(9)16-8-5-12-7-13-6-8/h1-7H,(H,14,15). The zero-order chi connectivity index (χ0) is 11.4. The first kappa shape index (κ1) is 10.1. The van der Waals surface area contributed by atoms with Gasteiger partial charge in [-0.25, -0.2) is 14.8 Å². The van der Waals surface area contributed by atoms with Gasteiger partial charge in [-0.3, -0.25) is 0 Å². The Labute approximate surface area is 91.4 Å². The van der Waals surface area contributed by atoms with E-state index in [-0.39, 0.29) is 11.3 Å². The summed E-state index contributed by atoms with van der Waals surface area (Å²) >= 11 is 0. The lowest BCUT2D eigenvalue weighted by atomic mass is 10.2. The minimum Gasteiger partial charge on any atom is -0.478 e. The number of para-hydroxylation sites is 1. The molecule has 0 amide bonds. The first-order valence-corrected chi connectivity index (χ1v) is 4.52. The van der Waals surface area contributed by atoms with Crippen LogP contribution in [0.15, 0.2) is 43.0 Å². The Morgan fingerprint density at radius 3 is 2.56 bits per heavy atom. The van der Waals surface area contributed by atoms with Crippen LogP contribution in [0.2, 0.25) is 0 Å². The van der Waals surface area contributed by atoms with Gasteiger partial charge in [0.15, 0.2) is 5.75 Å². The van der Waals surface area contributed by atoms with Crippen LogP contribution in [0.1, 0.15) is 10.4 Å². The lowest BCUT2D eigenvalue weighted by molar-refractivity contribution is 0.0694. The Kier molecular flexibility index (Phi) is 2.77. The maximum absolute atomic E-state index is 10.9. The molecule has 0 fully saturated rings. The van der Waals surface area contributed by atoms with Crippen LogP contribution in [-0.4, -0.2) is 21.0 Å². The highest BCUT2D eigenvalue weighted by Crippen LogP contribution is 2.23. The normalized spacial score (nSPS) is 9.75. The molecule has 1 aromatic carbocycles. The lowest BCUT2D eigenvalue weighted by Gasteiger charge is -2.06. The van der Waals surface area contributed by atoms with Crippen molar-refractivity contribution in [3.63, 3.8) is 0 Å². The fourth-order valence-corrected chi connectivity index (χ4v) is 1.20. The molecule has 0 radical (unpaired) electrons. The highest BCUT2D eigenvalue weighted by atomic mass is 16.5. The predicted octanol–water partition coefficient (Wildman–Crippen LogP) is 1.97. The number of aromatic nitrogens is 2. The van der Waals surface area contributed by atoms with E-state index >= 15 is 0 Å². The molecule has 0 spiro atoms. The molecule has 0 saturated heterocycles. The fourth-order valence-electron chi connectivity index (χ4n) is 1.20. The summed E-state index contributed by atoms with van der Waals surface area (Å²) in [6.07, 6.45) is 4.30. The van der Waals surface area contributed by atoms with Gasteiger partial charge in [0.25, 0.3) is 0 Å². The number of carboxylic acid groups (broad SMARTS) is 1. The van der Waals surface area contributed by atoms with Gasteiger partial charge < -0.3 is 9.84 Å². The highest BCUT2D eigenvalue weighted by molar-refractivity contribution is 5.90. The number of nitrogens with zero attached hydrogens (tertiary/aromatic N) is 2. The molecule has 0 saturated carbocycles. The van der Waals surface area contributed by atoms with Crippen molar-refractivity contribution >= 4 is 5.97 Å². The summed E-state index contributed by atoms with van der Waals surface area (Å²) in [7, 11) is 0. The average Bonchev–Trinajstić information content (AvgIpc) is 2.31. The van der Waals surface area contributed by atoms with Gasteiger partial charge in [0, 0.05) is 0 Å². The molecule has 2 rings (SSSR count). The number of carbonyl (C=O) groups is 1. The quantitative estimate of drug-likeness (QED) is 0.849. The van der Waals surface area contributed by atoms with E-state index in [4.69, 9.17) is 9.84 Å². The van der Waals surface area contributed by atoms with Gasteiger partial charge >= 0.3 is 5.97 Å². The van der Waals surface area contributed by atoms with E-state index in [2.05, 4.69) is 9.97 Å². The Bertz CT molecular complexity index is 500. The molecule has 0 atom stereocenters. The zero-order valence-corrected chi connectivity index (χ0v) is 8.20. The van der Waals surface area contributed by atoms with Gasteiger partial charge in [0.2, 0.25) is 0 Å². The van der Waals surface area contributed by atoms with Crippen molar-refractivity contribution in [3.05, 3.63) is 48.5 Å². The average molecular weight is 216 g/mol. The lowest BCUT2D eigenvalue weighted by Crippen LogP contribution is -1.99. The van der Waals surface area contributed by atoms with E-state index in [0.29, 0.717) is 5.75 Å². The molecule has 5 heteroatoms. The summed E-state index contributed by atoms with van der Waals surface area (Å²) in [5, 5.41) is 8.93. The van der Waals surface area contributed by atoms with Crippen molar-refractivity contribution in [2.45, 2.75) is 0 Å². The van der Waals surface area contributed by atoms with Crippen LogP contribution in [0.4, 0.5) is 0 Å². The van der Waals surface area contributed by atoms with E-state index < -0.39 is 5.97 Å². The van der Waals surface area contributed by atoms with Gasteiger partial charge in [-0.05, 0) is 12.1 Å². The van der Waals surface area contributed by atoms with Gasteiger partial charge in [0.1, 0.15) is 17.6 Å². The third-order valence-electron chi connectivity index (χ3n) is 1.88. The number of carboxylic acids is 1. The molecule has 80 valence electrons. The minimum absolute atomic E-state index is 0.103. The van der Waals surface area contributed by atoms with E-state index in [1.165, 1.54) is 24.8 Å². The molecule has 2 aromatic rings. The largest absolute Gasteiger partial charge is 0.478 e. The summed E-state index contributed by atoms with van der Waals surface area (Å²) < 4.78 is 5.36. The molecule has 1 aromatic heterocycles. The maximum Gasteiger partial charge on any atom is 0.339 e. The van der Waals surface area contributed by atoms with Crippen molar-refractivity contribution in [1.29, 1.82) is 0 Å². The zero-order valence-electron chi connectivity index (χ0n) is 8.20. The van der Waals surface area contributed by atoms with Crippen LogP contribution in [0.3, 0.4) is 0 Å². The second-order valence-electron chi connectivity index (χ2n) is 2.98. The van der Waals surface area contributed by atoms with Crippen LogP contribution in [0.5, 0.6) is 11.5 Å². The Morgan fingerprint density at radius 2 is 1.88 bits per heavy atom. The number of rotatable bonds is 3. The molecule has 0 aliphatic heterocycles. The SMILES string of the molecule is O=C(O)c1ccccc1Oc1cncnc1. The van der Waals surface area contributed by atoms with Crippen LogP contribution in [-0.2, 0) is 0 Å². The molecular weight excluding hydrogens is 208 g/mol. The number of ether oxygens (including phenoxy) is 1. The predicted molar refractivity (Wildman–Crippen MR) is 55.5 cm³/mol. The van der Waals surface area contributed by atoms with E-state index in [1.54, 1.807) is 18.2 Å². The molecule has 0 unspecified atom stereocenters. The van der Waals surface area contributed by atoms with E-state index in [1.807, 2.05) is 0 Å². The molecule has 1 N–H and O–H groups in total. The Morgan fingerprint density at radius 1 is 1.19 bits per heavy atom. The van der Waals surface area contributed by atoms with Crippen LogP contribution in [0.25, 0.3) is 0 Å². The third kappa shape index (κ3) is 2.14. The molecule has 5 nitrogen and oxygen atoms in total. The van der Waals surface area contributed by atoms with Gasteiger partial charge in [-0.15, -0.1) is 0 Å². The second kappa shape index (κ2) is 4.39. The van der Waals surface area contributed by atoms with Crippen molar-refractivity contribution in [3.8, 4) is 11.5 Å². The molecule has 1 heterocycles. The second-order valence-corrected chi connectivity index (χ2v) is 2.98. The number of benzene rings is 1. The van der Waals surface area contributed by atoms with Gasteiger partial charge in [-0.2, -0.15) is 0 Å². The summed E-state index contributed by atoms with van der Waals surface area (Å²) in [4.78, 5) is 18.4. The Hall–Kier alpha value is -2.43. The number of hydrogen-bond acceptors (Lipinski definition) is 4. The van der Waals surface area contributed by atoms with Crippen LogP contribution in [0, 0.1) is 0 Å². The fraction of sp³-hybridized carbons (Fsp3) is 0. The van der Waals surface area contributed by atoms with Crippen LogP contribution < -0.4 is 4.74 Å². The summed E-state index contributed by atoms with van der Waals surface area (Å²) in [6, 6.07) is 6.39. The molecule has 0 aliphatic rings. The van der Waals surface area contributed by atoms with Crippen LogP contribution >= 0.6 is 0 Å². The number of aromatic carboxylic acids is 1. The maximum atomic E-state index is 10.9. The van der Waals surface area contributed by atoms with Crippen molar-refractivity contribution in [1.82, 2.24) is 9.97 Å². The van der Waals surface area contributed by atoms with Gasteiger partial charge in [0.05, 0.1) is 12.4 Å². The molecule has 0 aliphatic carbocycles. The summed E-state index contributed by atoms with van der Waals surface area (Å²) in [5.74, 6) is -0.367. The minimum atomic E-state index is -1.03. The first-order valence-electron chi connectivity index (χ1n) is 4.52.